The highest BCUT2D eigenvalue weighted by Gasteiger charge is 2.29. The number of hydrogen-bond donors (Lipinski definition) is 1. The molecule has 1 unspecified atom stereocenters. The van der Waals surface area contributed by atoms with Crippen molar-refractivity contribution in [2.45, 2.75) is 45.2 Å². The zero-order valence-electron chi connectivity index (χ0n) is 10.9. The van der Waals surface area contributed by atoms with Gasteiger partial charge in [0.05, 0.1) is 6.54 Å². The summed E-state index contributed by atoms with van der Waals surface area (Å²) in [4.78, 5) is 15.1. The summed E-state index contributed by atoms with van der Waals surface area (Å²) in [5.41, 5.74) is 0.183. The van der Waals surface area contributed by atoms with Gasteiger partial charge >= 0.3 is 5.97 Å². The van der Waals surface area contributed by atoms with Crippen molar-refractivity contribution in [2.24, 2.45) is 0 Å². The van der Waals surface area contributed by atoms with E-state index in [0.29, 0.717) is 6.04 Å². The molecule has 1 atom stereocenters. The van der Waals surface area contributed by atoms with E-state index in [-0.39, 0.29) is 12.1 Å². The van der Waals surface area contributed by atoms with E-state index in [1.807, 2.05) is 11.9 Å². The molecule has 0 saturated carbocycles. The van der Waals surface area contributed by atoms with Gasteiger partial charge in [0, 0.05) is 18.1 Å². The molecule has 4 heteroatoms. The van der Waals surface area contributed by atoms with Crippen molar-refractivity contribution >= 4 is 5.97 Å². The first kappa shape index (κ1) is 13.5. The molecule has 1 heterocycles. The van der Waals surface area contributed by atoms with E-state index in [1.54, 1.807) is 0 Å². The van der Waals surface area contributed by atoms with Crippen LogP contribution >= 0.6 is 0 Å². The summed E-state index contributed by atoms with van der Waals surface area (Å²) < 4.78 is 0. The molecule has 0 amide bonds. The zero-order valence-corrected chi connectivity index (χ0v) is 10.9. The topological polar surface area (TPSA) is 43.8 Å². The summed E-state index contributed by atoms with van der Waals surface area (Å²) in [6, 6.07) is 0.379. The largest absolute Gasteiger partial charge is 0.480 e. The number of carboxylic acid groups (broad SMARTS) is 1. The third-order valence-corrected chi connectivity index (χ3v) is 3.35. The summed E-state index contributed by atoms with van der Waals surface area (Å²) in [5, 5.41) is 8.79. The predicted molar refractivity (Wildman–Crippen MR) is 64.6 cm³/mol. The maximum atomic E-state index is 10.7. The Bertz CT molecular complexity index is 248. The lowest BCUT2D eigenvalue weighted by atomic mass is 9.97. The molecule has 1 rings (SSSR count). The predicted octanol–water partition coefficient (Wildman–Crippen LogP) is 1.27. The van der Waals surface area contributed by atoms with Crippen molar-refractivity contribution in [3.05, 3.63) is 0 Å². The number of likely N-dealkylation sites (tertiary alicyclic amines) is 1. The average Bonchev–Trinajstić information content (AvgIpc) is 2.15. The molecular formula is C12H24N2O2. The lowest BCUT2D eigenvalue weighted by molar-refractivity contribution is -0.138. The molecule has 1 aliphatic heterocycles. The molecule has 0 bridgehead atoms. The molecule has 94 valence electrons. The average molecular weight is 228 g/mol. The lowest BCUT2D eigenvalue weighted by Crippen LogP contribution is -2.53. The molecule has 1 saturated heterocycles. The minimum atomic E-state index is -0.740. The van der Waals surface area contributed by atoms with Gasteiger partial charge in [0.25, 0.3) is 0 Å². The molecular weight excluding hydrogens is 204 g/mol. The van der Waals surface area contributed by atoms with Crippen molar-refractivity contribution in [3.63, 3.8) is 0 Å². The second-order valence-corrected chi connectivity index (χ2v) is 5.72. The second kappa shape index (κ2) is 5.15. The molecule has 0 radical (unpaired) electrons. The Hall–Kier alpha value is -0.610. The second-order valence-electron chi connectivity index (χ2n) is 5.72. The first-order valence-electron chi connectivity index (χ1n) is 5.98. The van der Waals surface area contributed by atoms with Crippen LogP contribution in [0.5, 0.6) is 0 Å². The van der Waals surface area contributed by atoms with Crippen molar-refractivity contribution in [1.29, 1.82) is 0 Å². The van der Waals surface area contributed by atoms with Crippen LogP contribution in [0.4, 0.5) is 0 Å². The summed E-state index contributed by atoms with van der Waals surface area (Å²) in [6.07, 6.45) is 2.27. The Kier molecular flexibility index (Phi) is 4.33. The van der Waals surface area contributed by atoms with Crippen LogP contribution in [0.2, 0.25) is 0 Å². The van der Waals surface area contributed by atoms with Gasteiger partial charge in [-0.1, -0.05) is 0 Å². The Morgan fingerprint density at radius 2 is 2.12 bits per heavy atom. The van der Waals surface area contributed by atoms with Gasteiger partial charge in [-0.25, -0.2) is 0 Å². The first-order valence-corrected chi connectivity index (χ1v) is 5.98. The van der Waals surface area contributed by atoms with Crippen molar-refractivity contribution < 1.29 is 9.90 Å². The summed E-state index contributed by atoms with van der Waals surface area (Å²) >= 11 is 0. The van der Waals surface area contributed by atoms with Crippen molar-refractivity contribution in [1.82, 2.24) is 9.80 Å². The van der Waals surface area contributed by atoms with Crippen LogP contribution in [-0.2, 0) is 4.79 Å². The first-order chi connectivity index (χ1) is 7.30. The molecule has 0 aromatic rings. The quantitative estimate of drug-likeness (QED) is 0.790. The van der Waals surface area contributed by atoms with Gasteiger partial charge in [-0.3, -0.25) is 14.6 Å². The Balaban J connectivity index is 2.53. The van der Waals surface area contributed by atoms with E-state index in [4.69, 9.17) is 5.11 Å². The van der Waals surface area contributed by atoms with Crippen LogP contribution in [0.25, 0.3) is 0 Å². The van der Waals surface area contributed by atoms with E-state index in [0.717, 1.165) is 25.9 Å². The van der Waals surface area contributed by atoms with Crippen LogP contribution in [-0.4, -0.2) is 59.1 Å². The van der Waals surface area contributed by atoms with E-state index < -0.39 is 5.97 Å². The summed E-state index contributed by atoms with van der Waals surface area (Å²) in [6.45, 7) is 8.89. The fourth-order valence-corrected chi connectivity index (χ4v) is 2.27. The number of rotatable bonds is 3. The molecule has 4 nitrogen and oxygen atoms in total. The standard InChI is InChI=1S/C12H24N2O2/c1-12(2,3)14-7-5-6-10(8-14)13(4)9-11(15)16/h10H,5-9H2,1-4H3,(H,15,16). The van der Waals surface area contributed by atoms with Gasteiger partial charge in [-0.2, -0.15) is 0 Å². The molecule has 0 aromatic carbocycles. The maximum absolute atomic E-state index is 10.7. The zero-order chi connectivity index (χ0) is 12.3. The molecule has 16 heavy (non-hydrogen) atoms. The maximum Gasteiger partial charge on any atom is 0.317 e. The van der Waals surface area contributed by atoms with Gasteiger partial charge in [0.2, 0.25) is 0 Å². The van der Waals surface area contributed by atoms with Gasteiger partial charge in [0.1, 0.15) is 0 Å². The Morgan fingerprint density at radius 1 is 1.50 bits per heavy atom. The normalized spacial score (nSPS) is 23.7. The molecule has 0 spiro atoms. The number of hydrogen-bond acceptors (Lipinski definition) is 3. The fourth-order valence-electron chi connectivity index (χ4n) is 2.27. The SMILES string of the molecule is CN(CC(=O)O)C1CCCN(C(C)(C)C)C1. The van der Waals surface area contributed by atoms with Crippen LogP contribution in [0.3, 0.4) is 0 Å². The smallest absolute Gasteiger partial charge is 0.317 e. The Morgan fingerprint density at radius 3 is 2.62 bits per heavy atom. The van der Waals surface area contributed by atoms with E-state index >= 15 is 0 Å². The Labute approximate surface area is 98.2 Å². The van der Waals surface area contributed by atoms with Gasteiger partial charge in [-0.05, 0) is 47.2 Å². The number of carbonyl (C=O) groups is 1. The molecule has 0 aromatic heterocycles. The van der Waals surface area contributed by atoms with E-state index in [9.17, 15) is 4.79 Å². The number of piperidine rings is 1. The highest BCUT2D eigenvalue weighted by Crippen LogP contribution is 2.22. The van der Waals surface area contributed by atoms with E-state index in [1.165, 1.54) is 0 Å². The lowest BCUT2D eigenvalue weighted by Gasteiger charge is -2.43. The van der Waals surface area contributed by atoms with Crippen molar-refractivity contribution in [2.75, 3.05) is 26.7 Å². The number of likely N-dealkylation sites (N-methyl/N-ethyl adjacent to an activating group) is 1. The van der Waals surface area contributed by atoms with Gasteiger partial charge in [0.15, 0.2) is 0 Å². The van der Waals surface area contributed by atoms with Crippen LogP contribution in [0, 0.1) is 0 Å². The molecule has 1 aliphatic rings. The number of aliphatic carboxylic acids is 1. The molecule has 1 fully saturated rings. The minimum Gasteiger partial charge on any atom is -0.480 e. The summed E-state index contributed by atoms with van der Waals surface area (Å²) in [7, 11) is 1.91. The highest BCUT2D eigenvalue weighted by atomic mass is 16.4. The highest BCUT2D eigenvalue weighted by molar-refractivity contribution is 5.69. The third-order valence-electron chi connectivity index (χ3n) is 3.35. The third kappa shape index (κ3) is 3.76. The molecule has 1 N–H and O–H groups in total. The van der Waals surface area contributed by atoms with Crippen LogP contribution < -0.4 is 0 Å². The number of carboxylic acids is 1. The summed E-state index contributed by atoms with van der Waals surface area (Å²) in [5.74, 6) is -0.740. The van der Waals surface area contributed by atoms with Crippen LogP contribution in [0.1, 0.15) is 33.6 Å². The molecule has 0 aliphatic carbocycles. The van der Waals surface area contributed by atoms with E-state index in [2.05, 4.69) is 25.7 Å². The van der Waals surface area contributed by atoms with Crippen molar-refractivity contribution in [3.8, 4) is 0 Å². The fraction of sp³-hybridized carbons (Fsp3) is 0.917. The number of nitrogens with zero attached hydrogens (tertiary/aromatic N) is 2. The monoisotopic (exact) mass is 228 g/mol. The minimum absolute atomic E-state index is 0.142. The van der Waals surface area contributed by atoms with Crippen LogP contribution in [0.15, 0.2) is 0 Å². The van der Waals surface area contributed by atoms with Gasteiger partial charge < -0.3 is 5.11 Å². The van der Waals surface area contributed by atoms with Gasteiger partial charge in [-0.15, -0.1) is 0 Å².